The molecule has 1 fully saturated rings. The summed E-state index contributed by atoms with van der Waals surface area (Å²) in [6, 6.07) is 8.42. The second-order valence-corrected chi connectivity index (χ2v) is 11.2. The van der Waals surface area contributed by atoms with Gasteiger partial charge in [-0.05, 0) is 51.5 Å². The van der Waals surface area contributed by atoms with Gasteiger partial charge in [0.25, 0.3) is 0 Å². The van der Waals surface area contributed by atoms with Gasteiger partial charge in [-0.3, -0.25) is 4.79 Å². The van der Waals surface area contributed by atoms with E-state index in [1.165, 1.54) is 5.56 Å². The van der Waals surface area contributed by atoms with E-state index in [1.807, 2.05) is 23.5 Å². The zero-order chi connectivity index (χ0) is 19.6. The van der Waals surface area contributed by atoms with Crippen LogP contribution in [0.2, 0.25) is 0 Å². The Balaban J connectivity index is 1.71. The molecule has 0 radical (unpaired) electrons. The Labute approximate surface area is 177 Å². The number of rotatable bonds is 5. The number of benzene rings is 1. The Morgan fingerprint density at radius 2 is 2.00 bits per heavy atom. The Kier molecular flexibility index (Phi) is 6.43. The fourth-order valence-corrected chi connectivity index (χ4v) is 6.40. The lowest BCUT2D eigenvalue weighted by Crippen LogP contribution is -2.26. The number of carbonyl (C=O) groups excluding carboxylic acids is 1. The van der Waals surface area contributed by atoms with Crippen LogP contribution in [0.15, 0.2) is 33.8 Å². The maximum absolute atomic E-state index is 12.2. The summed E-state index contributed by atoms with van der Waals surface area (Å²) < 4.78 is 3.26. The third-order valence-electron chi connectivity index (χ3n) is 4.66. The first kappa shape index (κ1) is 20.6. The Morgan fingerprint density at radius 1 is 1.30 bits per heavy atom. The van der Waals surface area contributed by atoms with E-state index in [0.29, 0.717) is 6.42 Å². The standard InChI is InChI=1S/C20H24BrN3OS2/c1-13-5-6-17(10-18(13)21)24-14(2)9-16(15(24)3)12-22-23-19(25)11-20(4)26-7-8-27-20/h5-6,9-10,12H,7-8,11H2,1-4H3,(H,23,25)/b22-12-. The SMILES string of the molecule is Cc1ccc(-n2c(C)cc(/C=N\NC(=O)CC3(C)SCCS3)c2C)cc1Br. The number of nitrogens with one attached hydrogen (secondary N) is 1. The van der Waals surface area contributed by atoms with Gasteiger partial charge < -0.3 is 4.57 Å². The molecule has 0 bridgehead atoms. The number of carbonyl (C=O) groups is 1. The maximum Gasteiger partial charge on any atom is 0.242 e. The largest absolute Gasteiger partial charge is 0.318 e. The molecule has 1 aromatic carbocycles. The molecule has 1 aliphatic heterocycles. The predicted molar refractivity (Wildman–Crippen MR) is 121 cm³/mol. The summed E-state index contributed by atoms with van der Waals surface area (Å²) in [5.74, 6) is 2.18. The molecule has 0 spiro atoms. The minimum atomic E-state index is -0.0353. The molecule has 1 N–H and O–H groups in total. The van der Waals surface area contributed by atoms with Gasteiger partial charge in [-0.15, -0.1) is 23.5 Å². The van der Waals surface area contributed by atoms with Crippen LogP contribution in [0.3, 0.4) is 0 Å². The first-order chi connectivity index (χ1) is 12.8. The normalized spacial score (nSPS) is 16.2. The van der Waals surface area contributed by atoms with Crippen LogP contribution in [0.25, 0.3) is 5.69 Å². The van der Waals surface area contributed by atoms with Gasteiger partial charge in [-0.25, -0.2) is 5.43 Å². The van der Waals surface area contributed by atoms with Gasteiger partial charge in [0.15, 0.2) is 0 Å². The molecule has 0 aliphatic carbocycles. The fraction of sp³-hybridized carbons (Fsp3) is 0.400. The van der Waals surface area contributed by atoms with Crippen LogP contribution in [0.5, 0.6) is 0 Å². The van der Waals surface area contributed by atoms with Crippen molar-refractivity contribution >= 4 is 51.6 Å². The molecule has 2 aromatic rings. The van der Waals surface area contributed by atoms with Gasteiger partial charge in [0, 0.05) is 38.6 Å². The van der Waals surface area contributed by atoms with Gasteiger partial charge in [-0.2, -0.15) is 5.10 Å². The summed E-state index contributed by atoms with van der Waals surface area (Å²) in [7, 11) is 0. The number of aryl methyl sites for hydroxylation is 2. The lowest BCUT2D eigenvalue weighted by molar-refractivity contribution is -0.121. The molecule has 1 amide bonds. The van der Waals surface area contributed by atoms with Crippen molar-refractivity contribution in [2.24, 2.45) is 5.10 Å². The van der Waals surface area contributed by atoms with Crippen molar-refractivity contribution in [3.63, 3.8) is 0 Å². The number of thioether (sulfide) groups is 2. The summed E-state index contributed by atoms with van der Waals surface area (Å²) in [5, 5.41) is 4.19. The van der Waals surface area contributed by atoms with E-state index in [0.717, 1.165) is 38.6 Å². The van der Waals surface area contributed by atoms with Crippen molar-refractivity contribution in [2.45, 2.75) is 38.2 Å². The number of hydrazone groups is 1. The maximum atomic E-state index is 12.2. The first-order valence-corrected chi connectivity index (χ1v) is 11.6. The Bertz CT molecular complexity index is 886. The zero-order valence-corrected chi connectivity index (χ0v) is 19.2. The molecule has 1 aliphatic rings. The summed E-state index contributed by atoms with van der Waals surface area (Å²) in [6.45, 7) is 8.35. The van der Waals surface area contributed by atoms with E-state index < -0.39 is 0 Å². The van der Waals surface area contributed by atoms with Crippen LogP contribution < -0.4 is 5.43 Å². The second-order valence-electron chi connectivity index (χ2n) is 6.90. The highest BCUT2D eigenvalue weighted by molar-refractivity contribution is 9.10. The van der Waals surface area contributed by atoms with Crippen molar-refractivity contribution in [2.75, 3.05) is 11.5 Å². The van der Waals surface area contributed by atoms with E-state index in [1.54, 1.807) is 6.21 Å². The van der Waals surface area contributed by atoms with Crippen LogP contribution in [0, 0.1) is 20.8 Å². The minimum absolute atomic E-state index is 0.0196. The van der Waals surface area contributed by atoms with E-state index in [2.05, 4.69) is 83.0 Å². The molecule has 7 heteroatoms. The molecule has 1 saturated heterocycles. The summed E-state index contributed by atoms with van der Waals surface area (Å²) in [6.07, 6.45) is 2.22. The van der Waals surface area contributed by atoms with Crippen LogP contribution in [0.1, 0.15) is 35.9 Å². The molecule has 4 nitrogen and oxygen atoms in total. The lowest BCUT2D eigenvalue weighted by Gasteiger charge is -2.19. The number of halogens is 1. The quantitative estimate of drug-likeness (QED) is 0.487. The number of hydrogen-bond acceptors (Lipinski definition) is 4. The molecule has 0 atom stereocenters. The molecule has 144 valence electrons. The predicted octanol–water partition coefficient (Wildman–Crippen LogP) is 5.20. The molecule has 3 rings (SSSR count). The van der Waals surface area contributed by atoms with Gasteiger partial charge in [0.1, 0.15) is 0 Å². The van der Waals surface area contributed by atoms with Gasteiger partial charge in [0.2, 0.25) is 5.91 Å². The topological polar surface area (TPSA) is 46.4 Å². The van der Waals surface area contributed by atoms with Gasteiger partial charge in [0.05, 0.1) is 16.7 Å². The van der Waals surface area contributed by atoms with E-state index >= 15 is 0 Å². The highest BCUT2D eigenvalue weighted by Crippen LogP contribution is 2.45. The summed E-state index contributed by atoms with van der Waals surface area (Å²) >= 11 is 7.31. The molecule has 27 heavy (non-hydrogen) atoms. The second kappa shape index (κ2) is 8.45. The summed E-state index contributed by atoms with van der Waals surface area (Å²) in [4.78, 5) is 12.2. The molecule has 0 saturated carbocycles. The molecule has 0 unspecified atom stereocenters. The molecular weight excluding hydrogens is 442 g/mol. The Hall–Kier alpha value is -1.18. The van der Waals surface area contributed by atoms with Crippen LogP contribution in [0.4, 0.5) is 0 Å². The third-order valence-corrected chi connectivity index (χ3v) is 8.80. The van der Waals surface area contributed by atoms with Gasteiger partial charge in [-0.1, -0.05) is 22.0 Å². The number of aromatic nitrogens is 1. The van der Waals surface area contributed by atoms with Crippen molar-refractivity contribution in [3.8, 4) is 5.69 Å². The average Bonchev–Trinajstić information content (AvgIpc) is 3.14. The van der Waals surface area contributed by atoms with Crippen LogP contribution >= 0.6 is 39.5 Å². The number of hydrogen-bond donors (Lipinski definition) is 1. The van der Waals surface area contributed by atoms with Crippen molar-refractivity contribution < 1.29 is 4.79 Å². The van der Waals surface area contributed by atoms with Crippen molar-refractivity contribution in [1.29, 1.82) is 0 Å². The smallest absolute Gasteiger partial charge is 0.242 e. The first-order valence-electron chi connectivity index (χ1n) is 8.84. The minimum Gasteiger partial charge on any atom is -0.318 e. The number of amides is 1. The molecule has 1 aromatic heterocycles. The average molecular weight is 466 g/mol. The van der Waals surface area contributed by atoms with E-state index in [4.69, 9.17) is 0 Å². The molecular formula is C20H24BrN3OS2. The monoisotopic (exact) mass is 465 g/mol. The highest BCUT2D eigenvalue weighted by atomic mass is 79.9. The number of nitrogens with zero attached hydrogens (tertiary/aromatic N) is 2. The van der Waals surface area contributed by atoms with Gasteiger partial charge >= 0.3 is 0 Å². The Morgan fingerprint density at radius 3 is 2.67 bits per heavy atom. The van der Waals surface area contributed by atoms with Crippen LogP contribution in [-0.2, 0) is 4.79 Å². The highest BCUT2D eigenvalue weighted by Gasteiger charge is 2.32. The molecule has 2 heterocycles. The zero-order valence-electron chi connectivity index (χ0n) is 16.0. The van der Waals surface area contributed by atoms with Crippen molar-refractivity contribution in [1.82, 2.24) is 9.99 Å². The summed E-state index contributed by atoms with van der Waals surface area (Å²) in [5.41, 5.74) is 8.22. The van der Waals surface area contributed by atoms with Crippen molar-refractivity contribution in [3.05, 3.63) is 51.3 Å². The van der Waals surface area contributed by atoms with E-state index in [-0.39, 0.29) is 9.99 Å². The third kappa shape index (κ3) is 4.81. The van der Waals surface area contributed by atoms with Crippen LogP contribution in [-0.4, -0.2) is 32.3 Å². The van der Waals surface area contributed by atoms with E-state index in [9.17, 15) is 4.79 Å². The lowest BCUT2D eigenvalue weighted by atomic mass is 10.2. The fourth-order valence-electron chi connectivity index (χ4n) is 3.20.